The zero-order valence-corrected chi connectivity index (χ0v) is 13.3. The number of nitrogen functional groups attached to an aromatic ring is 1. The number of nitrogens with two attached hydrogens (primary N) is 1. The molecule has 1 amide bonds. The number of hydrogen-bond donors (Lipinski definition) is 1. The van der Waals surface area contributed by atoms with Crippen molar-refractivity contribution in [3.05, 3.63) is 24.3 Å². The number of carbonyl (C=O) groups excluding carboxylic acids is 1. The van der Waals surface area contributed by atoms with E-state index in [0.29, 0.717) is 24.5 Å². The first-order valence-corrected chi connectivity index (χ1v) is 7.44. The van der Waals surface area contributed by atoms with E-state index in [4.69, 9.17) is 10.5 Å². The van der Waals surface area contributed by atoms with Crippen LogP contribution in [0.2, 0.25) is 0 Å². The number of benzene rings is 1. The molecule has 5 nitrogen and oxygen atoms in total. The lowest BCUT2D eigenvalue weighted by Gasteiger charge is -2.24. The van der Waals surface area contributed by atoms with Gasteiger partial charge in [0, 0.05) is 19.6 Å². The maximum atomic E-state index is 12.2. The fourth-order valence-electron chi connectivity index (χ4n) is 1.97. The van der Waals surface area contributed by atoms with Gasteiger partial charge in [0.15, 0.2) is 0 Å². The van der Waals surface area contributed by atoms with Gasteiger partial charge in [-0.15, -0.1) is 0 Å². The third kappa shape index (κ3) is 6.49. The van der Waals surface area contributed by atoms with E-state index in [1.54, 1.807) is 6.07 Å². The zero-order chi connectivity index (χ0) is 15.7. The molecule has 0 aromatic heterocycles. The van der Waals surface area contributed by atoms with Crippen LogP contribution in [0.5, 0.6) is 5.75 Å². The predicted octanol–water partition coefficient (Wildman–Crippen LogP) is 1.84. The number of carbonyl (C=O) groups is 1. The molecule has 1 rings (SSSR count). The van der Waals surface area contributed by atoms with Crippen LogP contribution >= 0.6 is 0 Å². The normalized spacial score (nSPS) is 10.7. The molecule has 0 saturated heterocycles. The van der Waals surface area contributed by atoms with Crippen molar-refractivity contribution in [2.24, 2.45) is 0 Å². The van der Waals surface area contributed by atoms with Gasteiger partial charge in [0.2, 0.25) is 5.91 Å². The molecule has 118 valence electrons. The van der Waals surface area contributed by atoms with Crippen LogP contribution < -0.4 is 10.5 Å². The number of nitrogens with zero attached hydrogens (tertiary/aromatic N) is 2. The van der Waals surface area contributed by atoms with E-state index >= 15 is 0 Å². The summed E-state index contributed by atoms with van der Waals surface area (Å²) >= 11 is 0. The Morgan fingerprint density at radius 3 is 2.52 bits per heavy atom. The molecule has 0 fully saturated rings. The highest BCUT2D eigenvalue weighted by atomic mass is 16.5. The molecule has 21 heavy (non-hydrogen) atoms. The van der Waals surface area contributed by atoms with Gasteiger partial charge in [0.05, 0.1) is 18.7 Å². The SMILES string of the molecule is CCCN(CCN(C)C)C(=O)CCOc1ccccc1N. The number of anilines is 1. The molecule has 0 aliphatic rings. The van der Waals surface area contributed by atoms with Gasteiger partial charge in [-0.3, -0.25) is 4.79 Å². The Labute approximate surface area is 127 Å². The van der Waals surface area contributed by atoms with E-state index < -0.39 is 0 Å². The summed E-state index contributed by atoms with van der Waals surface area (Å²) in [5.41, 5.74) is 6.40. The minimum absolute atomic E-state index is 0.133. The van der Waals surface area contributed by atoms with Crippen molar-refractivity contribution < 1.29 is 9.53 Å². The zero-order valence-electron chi connectivity index (χ0n) is 13.3. The molecule has 0 unspecified atom stereocenters. The van der Waals surface area contributed by atoms with E-state index in [9.17, 15) is 4.79 Å². The second-order valence-electron chi connectivity index (χ2n) is 5.32. The molecule has 2 N–H and O–H groups in total. The van der Waals surface area contributed by atoms with E-state index in [-0.39, 0.29) is 5.91 Å². The molecular weight excluding hydrogens is 266 g/mol. The molecule has 0 spiro atoms. The molecule has 0 aliphatic carbocycles. The summed E-state index contributed by atoms with van der Waals surface area (Å²) in [4.78, 5) is 16.2. The molecule has 0 atom stereocenters. The maximum Gasteiger partial charge on any atom is 0.226 e. The van der Waals surface area contributed by atoms with Gasteiger partial charge in [-0.25, -0.2) is 0 Å². The summed E-state index contributed by atoms with van der Waals surface area (Å²) in [6.07, 6.45) is 1.34. The number of ether oxygens (including phenoxy) is 1. The van der Waals surface area contributed by atoms with Gasteiger partial charge in [0.25, 0.3) is 0 Å². The van der Waals surface area contributed by atoms with Crippen molar-refractivity contribution in [3.63, 3.8) is 0 Å². The van der Waals surface area contributed by atoms with Crippen LogP contribution in [-0.4, -0.2) is 56.0 Å². The summed E-state index contributed by atoms with van der Waals surface area (Å²) in [6, 6.07) is 7.33. The number of hydrogen-bond acceptors (Lipinski definition) is 4. The summed E-state index contributed by atoms with van der Waals surface area (Å²) in [5, 5.41) is 0. The average molecular weight is 293 g/mol. The first kappa shape index (κ1) is 17.3. The molecule has 0 aliphatic heterocycles. The van der Waals surface area contributed by atoms with Gasteiger partial charge in [0.1, 0.15) is 5.75 Å². The first-order valence-electron chi connectivity index (χ1n) is 7.44. The monoisotopic (exact) mass is 293 g/mol. The standard InChI is InChI=1S/C16H27N3O2/c1-4-10-19(12-11-18(2)3)16(20)9-13-21-15-8-6-5-7-14(15)17/h5-8H,4,9-13,17H2,1-3H3. The van der Waals surface area contributed by atoms with Crippen molar-refractivity contribution in [1.29, 1.82) is 0 Å². The van der Waals surface area contributed by atoms with Crippen molar-refractivity contribution >= 4 is 11.6 Å². The van der Waals surface area contributed by atoms with Crippen molar-refractivity contribution in [2.45, 2.75) is 19.8 Å². The fraction of sp³-hybridized carbons (Fsp3) is 0.562. The van der Waals surface area contributed by atoms with E-state index in [1.165, 1.54) is 0 Å². The Kier molecular flexibility index (Phi) is 7.61. The van der Waals surface area contributed by atoms with Crippen LogP contribution in [0.25, 0.3) is 0 Å². The van der Waals surface area contributed by atoms with Crippen LogP contribution in [-0.2, 0) is 4.79 Å². The third-order valence-corrected chi connectivity index (χ3v) is 3.16. The number of para-hydroxylation sites is 2. The van der Waals surface area contributed by atoms with Crippen molar-refractivity contribution in [2.75, 3.05) is 46.1 Å². The fourth-order valence-corrected chi connectivity index (χ4v) is 1.97. The topological polar surface area (TPSA) is 58.8 Å². The second kappa shape index (κ2) is 9.23. The number of likely N-dealkylation sites (N-methyl/N-ethyl adjacent to an activating group) is 1. The summed E-state index contributed by atoms with van der Waals surface area (Å²) < 4.78 is 5.58. The van der Waals surface area contributed by atoms with Gasteiger partial charge in [-0.2, -0.15) is 0 Å². The summed E-state index contributed by atoms with van der Waals surface area (Å²) in [6.45, 7) is 4.86. The molecule has 0 saturated carbocycles. The van der Waals surface area contributed by atoms with Crippen LogP contribution in [0.15, 0.2) is 24.3 Å². The third-order valence-electron chi connectivity index (χ3n) is 3.16. The Morgan fingerprint density at radius 2 is 1.90 bits per heavy atom. The Morgan fingerprint density at radius 1 is 1.19 bits per heavy atom. The van der Waals surface area contributed by atoms with Gasteiger partial charge in [-0.05, 0) is 32.6 Å². The van der Waals surface area contributed by atoms with Crippen LogP contribution in [0.1, 0.15) is 19.8 Å². The highest BCUT2D eigenvalue weighted by molar-refractivity contribution is 5.76. The molecule has 0 heterocycles. The summed E-state index contributed by atoms with van der Waals surface area (Å²) in [5.74, 6) is 0.772. The lowest BCUT2D eigenvalue weighted by molar-refractivity contribution is -0.131. The molecule has 5 heteroatoms. The minimum atomic E-state index is 0.133. The number of rotatable bonds is 9. The molecule has 1 aromatic rings. The highest BCUT2D eigenvalue weighted by Gasteiger charge is 2.13. The lowest BCUT2D eigenvalue weighted by Crippen LogP contribution is -2.37. The van der Waals surface area contributed by atoms with Gasteiger partial charge < -0.3 is 20.3 Å². The molecule has 1 aromatic carbocycles. The van der Waals surface area contributed by atoms with Crippen LogP contribution in [0, 0.1) is 0 Å². The van der Waals surface area contributed by atoms with E-state index in [2.05, 4.69) is 11.8 Å². The highest BCUT2D eigenvalue weighted by Crippen LogP contribution is 2.19. The predicted molar refractivity (Wildman–Crippen MR) is 86.4 cm³/mol. The van der Waals surface area contributed by atoms with Crippen LogP contribution in [0.3, 0.4) is 0 Å². The molecular formula is C16H27N3O2. The van der Waals surface area contributed by atoms with Crippen LogP contribution in [0.4, 0.5) is 5.69 Å². The second-order valence-corrected chi connectivity index (χ2v) is 5.32. The summed E-state index contributed by atoms with van der Waals surface area (Å²) in [7, 11) is 4.02. The van der Waals surface area contributed by atoms with Crippen molar-refractivity contribution in [3.8, 4) is 5.75 Å². The molecule has 0 bridgehead atoms. The largest absolute Gasteiger partial charge is 0.491 e. The average Bonchev–Trinajstić information content (AvgIpc) is 2.45. The number of amides is 1. The Hall–Kier alpha value is -1.75. The molecule has 0 radical (unpaired) electrons. The van der Waals surface area contributed by atoms with Gasteiger partial charge in [-0.1, -0.05) is 19.1 Å². The van der Waals surface area contributed by atoms with Crippen molar-refractivity contribution in [1.82, 2.24) is 9.80 Å². The Bertz CT molecular complexity index is 435. The smallest absolute Gasteiger partial charge is 0.226 e. The maximum absolute atomic E-state index is 12.2. The first-order chi connectivity index (χ1) is 10.0. The van der Waals surface area contributed by atoms with E-state index in [0.717, 1.165) is 26.1 Å². The lowest BCUT2D eigenvalue weighted by atomic mass is 10.3. The Balaban J connectivity index is 2.40. The minimum Gasteiger partial charge on any atom is -0.491 e. The quantitative estimate of drug-likeness (QED) is 0.706. The van der Waals surface area contributed by atoms with Gasteiger partial charge >= 0.3 is 0 Å². The van der Waals surface area contributed by atoms with E-state index in [1.807, 2.05) is 37.2 Å².